The average Bonchev–Trinajstić information content (AvgIpc) is 2.87. The first-order chi connectivity index (χ1) is 16.2. The minimum atomic E-state index is -0.0653. The van der Waals surface area contributed by atoms with Crippen molar-refractivity contribution in [2.24, 2.45) is 0 Å². The highest BCUT2D eigenvalue weighted by Gasteiger charge is 2.20. The van der Waals surface area contributed by atoms with E-state index in [1.807, 2.05) is 71.6 Å². The monoisotopic (exact) mass is 464 g/mol. The summed E-state index contributed by atoms with van der Waals surface area (Å²) in [7, 11) is 0. The summed E-state index contributed by atoms with van der Waals surface area (Å²) in [5.74, 6) is 0.721. The maximum Gasteiger partial charge on any atom is 0.255 e. The van der Waals surface area contributed by atoms with E-state index in [4.69, 9.17) is 21.1 Å². The number of benzene rings is 3. The van der Waals surface area contributed by atoms with Crippen LogP contribution in [0.4, 0.5) is 0 Å². The number of hydrogen-bond acceptors (Lipinski definition) is 4. The van der Waals surface area contributed by atoms with E-state index in [9.17, 15) is 4.79 Å². The van der Waals surface area contributed by atoms with Crippen molar-refractivity contribution in [3.8, 4) is 5.75 Å². The van der Waals surface area contributed by atoms with Gasteiger partial charge in [-0.2, -0.15) is 0 Å². The molecule has 3 aromatic carbocycles. The molecule has 3 aromatic rings. The highest BCUT2D eigenvalue weighted by molar-refractivity contribution is 6.33. The molecule has 5 nitrogen and oxygen atoms in total. The van der Waals surface area contributed by atoms with Crippen molar-refractivity contribution < 1.29 is 14.3 Å². The molecule has 172 valence electrons. The van der Waals surface area contributed by atoms with Crippen LogP contribution in [0.25, 0.3) is 0 Å². The van der Waals surface area contributed by atoms with Crippen molar-refractivity contribution in [1.29, 1.82) is 0 Å². The molecule has 1 aliphatic rings. The van der Waals surface area contributed by atoms with Crippen LogP contribution in [0.3, 0.4) is 0 Å². The van der Waals surface area contributed by atoms with Crippen LogP contribution in [0.2, 0.25) is 5.02 Å². The van der Waals surface area contributed by atoms with Gasteiger partial charge in [-0.15, -0.1) is 0 Å². The second-order valence-electron chi connectivity index (χ2n) is 8.08. The van der Waals surface area contributed by atoms with Crippen LogP contribution in [0, 0.1) is 0 Å². The molecule has 1 fully saturated rings. The highest BCUT2D eigenvalue weighted by atomic mass is 35.5. The van der Waals surface area contributed by atoms with Gasteiger partial charge in [0.05, 0.1) is 23.8 Å². The molecule has 1 heterocycles. The fourth-order valence-electron chi connectivity index (χ4n) is 3.84. The molecule has 1 saturated heterocycles. The molecule has 4 rings (SSSR count). The maximum atomic E-state index is 13.4. The zero-order valence-corrected chi connectivity index (χ0v) is 19.4. The summed E-state index contributed by atoms with van der Waals surface area (Å²) in [4.78, 5) is 17.6. The van der Waals surface area contributed by atoms with E-state index in [-0.39, 0.29) is 5.91 Å². The van der Waals surface area contributed by atoms with Gasteiger partial charge in [-0.3, -0.25) is 9.69 Å². The molecule has 0 atom stereocenters. The Kier molecular flexibility index (Phi) is 8.36. The van der Waals surface area contributed by atoms with Crippen LogP contribution in [0.1, 0.15) is 21.5 Å². The average molecular weight is 465 g/mol. The number of carbonyl (C=O) groups is 1. The second-order valence-corrected chi connectivity index (χ2v) is 8.49. The van der Waals surface area contributed by atoms with Gasteiger partial charge in [0.1, 0.15) is 12.4 Å². The molecule has 33 heavy (non-hydrogen) atoms. The molecule has 1 amide bonds. The second kappa shape index (κ2) is 11.8. The molecule has 0 spiro atoms. The summed E-state index contributed by atoms with van der Waals surface area (Å²) >= 11 is 6.35. The third kappa shape index (κ3) is 6.81. The lowest BCUT2D eigenvalue weighted by Gasteiger charge is -2.30. The van der Waals surface area contributed by atoms with Gasteiger partial charge in [0.2, 0.25) is 0 Å². The number of morpholine rings is 1. The molecule has 0 saturated carbocycles. The van der Waals surface area contributed by atoms with Crippen molar-refractivity contribution in [3.05, 3.63) is 101 Å². The summed E-state index contributed by atoms with van der Waals surface area (Å²) in [6, 6.07) is 25.2. The first-order valence-corrected chi connectivity index (χ1v) is 11.7. The Morgan fingerprint density at radius 3 is 2.45 bits per heavy atom. The van der Waals surface area contributed by atoms with E-state index < -0.39 is 0 Å². The van der Waals surface area contributed by atoms with Gasteiger partial charge in [0.25, 0.3) is 5.91 Å². The van der Waals surface area contributed by atoms with Crippen LogP contribution in [0.15, 0.2) is 78.9 Å². The van der Waals surface area contributed by atoms with Crippen LogP contribution in [-0.4, -0.2) is 55.1 Å². The Morgan fingerprint density at radius 2 is 1.67 bits per heavy atom. The largest absolute Gasteiger partial charge is 0.489 e. The Morgan fingerprint density at radius 1 is 0.939 bits per heavy atom. The lowest BCUT2D eigenvalue weighted by atomic mass is 10.1. The van der Waals surface area contributed by atoms with Gasteiger partial charge in [-0.25, -0.2) is 0 Å². The van der Waals surface area contributed by atoms with Gasteiger partial charge in [0, 0.05) is 32.7 Å². The molecule has 0 bridgehead atoms. The number of rotatable bonds is 9. The fraction of sp³-hybridized carbons (Fsp3) is 0.296. The van der Waals surface area contributed by atoms with E-state index in [2.05, 4.69) is 4.90 Å². The van der Waals surface area contributed by atoms with Gasteiger partial charge in [-0.05, 0) is 35.4 Å². The standard InChI is InChI=1S/C27H29ClN2O3/c28-26-12-5-4-11-25(26)27(31)30(14-13-29-15-17-32-18-16-29)20-23-9-6-10-24(19-23)33-21-22-7-2-1-3-8-22/h1-12,19H,13-18,20-21H2. The zero-order chi connectivity index (χ0) is 22.9. The predicted molar refractivity (Wildman–Crippen MR) is 131 cm³/mol. The number of halogens is 1. The number of amides is 1. The smallest absolute Gasteiger partial charge is 0.255 e. The number of carbonyl (C=O) groups excluding carboxylic acids is 1. The van der Waals surface area contributed by atoms with E-state index in [0.29, 0.717) is 30.3 Å². The van der Waals surface area contributed by atoms with Crippen LogP contribution in [0.5, 0.6) is 5.75 Å². The Balaban J connectivity index is 1.46. The summed E-state index contributed by atoms with van der Waals surface area (Å²) in [6.45, 7) is 5.63. The normalized spacial score (nSPS) is 14.1. The number of hydrogen-bond donors (Lipinski definition) is 0. The van der Waals surface area contributed by atoms with Gasteiger partial charge in [-0.1, -0.05) is 66.2 Å². The Hall–Kier alpha value is -2.86. The van der Waals surface area contributed by atoms with E-state index in [1.165, 1.54) is 0 Å². The quantitative estimate of drug-likeness (QED) is 0.452. The first-order valence-electron chi connectivity index (χ1n) is 11.3. The van der Waals surface area contributed by atoms with E-state index in [1.54, 1.807) is 12.1 Å². The number of ether oxygens (including phenoxy) is 2. The van der Waals surface area contributed by atoms with E-state index in [0.717, 1.165) is 49.7 Å². The lowest BCUT2D eigenvalue weighted by molar-refractivity contribution is 0.0320. The molecule has 0 radical (unpaired) electrons. The molecular weight excluding hydrogens is 436 g/mol. The molecule has 0 unspecified atom stereocenters. The SMILES string of the molecule is O=C(c1ccccc1Cl)N(CCN1CCOCC1)Cc1cccc(OCc2ccccc2)c1. The van der Waals surface area contributed by atoms with Gasteiger partial charge in [0.15, 0.2) is 0 Å². The molecule has 6 heteroatoms. The Bertz CT molecular complexity index is 1040. The van der Waals surface area contributed by atoms with Gasteiger partial charge < -0.3 is 14.4 Å². The van der Waals surface area contributed by atoms with Crippen molar-refractivity contribution in [3.63, 3.8) is 0 Å². The summed E-state index contributed by atoms with van der Waals surface area (Å²) in [5.41, 5.74) is 2.66. The third-order valence-corrected chi connectivity index (χ3v) is 6.03. The van der Waals surface area contributed by atoms with Crippen LogP contribution >= 0.6 is 11.6 Å². The van der Waals surface area contributed by atoms with Crippen molar-refractivity contribution >= 4 is 17.5 Å². The Labute approximate surface area is 200 Å². The summed E-state index contributed by atoms with van der Waals surface area (Å²) in [6.07, 6.45) is 0. The lowest BCUT2D eigenvalue weighted by Crippen LogP contribution is -2.43. The minimum absolute atomic E-state index is 0.0653. The molecule has 0 aliphatic carbocycles. The van der Waals surface area contributed by atoms with E-state index >= 15 is 0 Å². The van der Waals surface area contributed by atoms with Crippen LogP contribution in [-0.2, 0) is 17.9 Å². The summed E-state index contributed by atoms with van der Waals surface area (Å²) < 4.78 is 11.4. The fourth-order valence-corrected chi connectivity index (χ4v) is 4.06. The molecular formula is C27H29ClN2O3. The van der Waals surface area contributed by atoms with Crippen molar-refractivity contribution in [2.45, 2.75) is 13.2 Å². The third-order valence-electron chi connectivity index (χ3n) is 5.70. The van der Waals surface area contributed by atoms with Crippen molar-refractivity contribution in [2.75, 3.05) is 39.4 Å². The molecule has 0 aromatic heterocycles. The van der Waals surface area contributed by atoms with Crippen molar-refractivity contribution in [1.82, 2.24) is 9.80 Å². The summed E-state index contributed by atoms with van der Waals surface area (Å²) in [5, 5.41) is 0.471. The zero-order valence-electron chi connectivity index (χ0n) is 18.7. The van der Waals surface area contributed by atoms with Crippen LogP contribution < -0.4 is 4.74 Å². The van der Waals surface area contributed by atoms with Gasteiger partial charge >= 0.3 is 0 Å². The molecule has 0 N–H and O–H groups in total. The minimum Gasteiger partial charge on any atom is -0.489 e. The molecule has 1 aliphatic heterocycles. The predicted octanol–water partition coefficient (Wildman–Crippen LogP) is 4.89. The highest BCUT2D eigenvalue weighted by Crippen LogP contribution is 2.21. The topological polar surface area (TPSA) is 42.0 Å². The number of nitrogens with zero attached hydrogens (tertiary/aromatic N) is 2. The first kappa shape index (κ1) is 23.3. The maximum absolute atomic E-state index is 13.4.